The number of alkyl halides is 4. The lowest BCUT2D eigenvalue weighted by atomic mass is 10.0. The molecule has 2 heterocycles. The summed E-state index contributed by atoms with van der Waals surface area (Å²) in [7, 11) is 1.61. The summed E-state index contributed by atoms with van der Waals surface area (Å²) in [6, 6.07) is 13.1. The highest BCUT2D eigenvalue weighted by molar-refractivity contribution is 6.03. The van der Waals surface area contributed by atoms with Crippen molar-refractivity contribution in [1.29, 1.82) is 0 Å². The molecule has 0 fully saturated rings. The fraction of sp³-hybridized carbons (Fsp3) is 0.200. The Labute approximate surface area is 208 Å². The van der Waals surface area contributed by atoms with E-state index >= 15 is 0 Å². The van der Waals surface area contributed by atoms with Crippen LogP contribution in [0.1, 0.15) is 12.5 Å². The van der Waals surface area contributed by atoms with Gasteiger partial charge in [0, 0.05) is 30.1 Å². The van der Waals surface area contributed by atoms with Gasteiger partial charge in [0.25, 0.3) is 12.0 Å². The Kier molecular flexibility index (Phi) is 7.37. The van der Waals surface area contributed by atoms with Crippen molar-refractivity contribution in [3.05, 3.63) is 70.5 Å². The number of ether oxygens (including phenoxy) is 2. The highest BCUT2D eigenvalue weighted by Gasteiger charge is 2.19. The molecule has 0 amide bonds. The van der Waals surface area contributed by atoms with Gasteiger partial charge in [-0.1, -0.05) is 12.1 Å². The molecule has 0 saturated heterocycles. The molecule has 0 atom stereocenters. The molecule has 12 heteroatoms. The van der Waals surface area contributed by atoms with Gasteiger partial charge in [0.15, 0.2) is 6.61 Å². The molecule has 2 aromatic heterocycles. The first-order chi connectivity index (χ1) is 17.7. The van der Waals surface area contributed by atoms with Gasteiger partial charge in [-0.3, -0.25) is 9.79 Å². The molecule has 2 N–H and O–H groups in total. The number of hydrogen-bond acceptors (Lipinski definition) is 7. The van der Waals surface area contributed by atoms with Gasteiger partial charge < -0.3 is 15.2 Å². The number of anilines is 1. The molecule has 4 aromatic rings. The summed E-state index contributed by atoms with van der Waals surface area (Å²) < 4.78 is 61.1. The second-order valence-electron chi connectivity index (χ2n) is 7.79. The molecule has 0 bridgehead atoms. The fourth-order valence-electron chi connectivity index (χ4n) is 3.64. The van der Waals surface area contributed by atoms with Gasteiger partial charge in [0.1, 0.15) is 16.8 Å². The quantitative estimate of drug-likeness (QED) is 0.207. The molecular weight excluding hydrogens is 494 g/mol. The van der Waals surface area contributed by atoms with Crippen LogP contribution in [-0.2, 0) is 0 Å². The molecule has 192 valence electrons. The minimum atomic E-state index is -3.02. The molecule has 0 aliphatic rings. The fourth-order valence-corrected chi connectivity index (χ4v) is 3.64. The zero-order valence-corrected chi connectivity index (χ0v) is 19.7. The van der Waals surface area contributed by atoms with Crippen LogP contribution < -0.4 is 20.8 Å². The third-order valence-corrected chi connectivity index (χ3v) is 5.43. The first kappa shape index (κ1) is 25.6. The van der Waals surface area contributed by atoms with E-state index in [0.717, 1.165) is 4.68 Å². The summed E-state index contributed by atoms with van der Waals surface area (Å²) in [6.07, 6.45) is -2.72. The third kappa shape index (κ3) is 5.52. The first-order valence-corrected chi connectivity index (χ1v) is 10.9. The SMILES string of the molecule is CN=C(C)c1cc(-n2nc3ccc(OCC(F)F)nc3c(-c3ccc(OC(F)F)cc3)c2=O)ccc1N. The third-order valence-electron chi connectivity index (χ3n) is 5.43. The van der Waals surface area contributed by atoms with E-state index in [9.17, 15) is 22.4 Å². The van der Waals surface area contributed by atoms with Crippen molar-refractivity contribution in [3.8, 4) is 28.4 Å². The van der Waals surface area contributed by atoms with Crippen LogP contribution in [0.4, 0.5) is 23.2 Å². The molecule has 0 spiro atoms. The number of fused-ring (bicyclic) bond motifs is 1. The maximum atomic E-state index is 13.7. The molecule has 2 aromatic carbocycles. The summed E-state index contributed by atoms with van der Waals surface area (Å²) in [5.74, 6) is -0.237. The van der Waals surface area contributed by atoms with Gasteiger partial charge in [0.2, 0.25) is 5.88 Å². The first-order valence-electron chi connectivity index (χ1n) is 10.9. The van der Waals surface area contributed by atoms with Crippen LogP contribution in [0.25, 0.3) is 27.8 Å². The van der Waals surface area contributed by atoms with Crippen LogP contribution in [-0.4, -0.2) is 47.2 Å². The minimum Gasteiger partial charge on any atom is -0.472 e. The van der Waals surface area contributed by atoms with Crippen LogP contribution in [0, 0.1) is 0 Å². The van der Waals surface area contributed by atoms with Gasteiger partial charge >= 0.3 is 6.61 Å². The highest BCUT2D eigenvalue weighted by atomic mass is 19.3. The van der Waals surface area contributed by atoms with E-state index in [1.54, 1.807) is 32.2 Å². The number of nitrogens with zero attached hydrogens (tertiary/aromatic N) is 4. The van der Waals surface area contributed by atoms with E-state index in [1.165, 1.54) is 36.4 Å². The highest BCUT2D eigenvalue weighted by Crippen LogP contribution is 2.28. The molecule has 0 saturated carbocycles. The molecular formula is C25H21F4N5O3. The van der Waals surface area contributed by atoms with E-state index in [0.29, 0.717) is 28.2 Å². The van der Waals surface area contributed by atoms with Crippen LogP contribution in [0.15, 0.2) is 64.4 Å². The number of hydrogen-bond donors (Lipinski definition) is 1. The molecule has 0 aliphatic heterocycles. The number of benzene rings is 2. The summed E-state index contributed by atoms with van der Waals surface area (Å²) in [6.45, 7) is -2.13. The number of pyridine rings is 1. The Morgan fingerprint density at radius 2 is 1.81 bits per heavy atom. The zero-order chi connectivity index (χ0) is 26.7. The Balaban J connectivity index is 1.94. The Morgan fingerprint density at radius 3 is 2.46 bits per heavy atom. The number of aromatic nitrogens is 3. The lowest BCUT2D eigenvalue weighted by Crippen LogP contribution is -2.24. The maximum absolute atomic E-state index is 13.7. The predicted octanol–water partition coefficient (Wildman–Crippen LogP) is 4.71. The molecule has 0 aliphatic carbocycles. The monoisotopic (exact) mass is 515 g/mol. The smallest absolute Gasteiger partial charge is 0.387 e. The lowest BCUT2D eigenvalue weighted by Gasteiger charge is -2.14. The maximum Gasteiger partial charge on any atom is 0.387 e. The van der Waals surface area contributed by atoms with E-state index in [2.05, 4.69) is 19.8 Å². The molecule has 37 heavy (non-hydrogen) atoms. The topological polar surface area (TPSA) is 105 Å². The van der Waals surface area contributed by atoms with Crippen molar-refractivity contribution in [3.63, 3.8) is 0 Å². The van der Waals surface area contributed by atoms with Crippen molar-refractivity contribution in [2.24, 2.45) is 4.99 Å². The molecule has 0 unspecified atom stereocenters. The van der Waals surface area contributed by atoms with Gasteiger partial charge in [-0.25, -0.2) is 13.8 Å². The summed E-state index contributed by atoms with van der Waals surface area (Å²) in [5.41, 5.74) is 8.27. The van der Waals surface area contributed by atoms with E-state index < -0.39 is 25.2 Å². The van der Waals surface area contributed by atoms with Crippen LogP contribution in [0.2, 0.25) is 0 Å². The molecule has 0 radical (unpaired) electrons. The van der Waals surface area contributed by atoms with Crippen molar-refractivity contribution in [2.75, 3.05) is 19.4 Å². The van der Waals surface area contributed by atoms with E-state index in [4.69, 9.17) is 10.5 Å². The predicted molar refractivity (Wildman–Crippen MR) is 131 cm³/mol. The second kappa shape index (κ2) is 10.6. The molecule has 4 rings (SSSR count). The number of nitrogen functional groups attached to an aromatic ring is 1. The Bertz CT molecular complexity index is 1520. The number of halogens is 4. The standard InChI is InChI=1S/C25H21F4N5O3/c1-13(31-2)17-11-15(5-8-18(17)30)34-24(35)22(14-3-6-16(7-4-14)37-25(28)29)23-19(33-34)9-10-21(32-23)36-12-20(26)27/h3-11,20,25H,12,30H2,1-2H3. The van der Waals surface area contributed by atoms with E-state index in [-0.39, 0.29) is 28.2 Å². The summed E-state index contributed by atoms with van der Waals surface area (Å²) in [4.78, 5) is 22.1. The molecule has 8 nitrogen and oxygen atoms in total. The lowest BCUT2D eigenvalue weighted by molar-refractivity contribution is -0.0498. The Hall–Kier alpha value is -4.48. The largest absolute Gasteiger partial charge is 0.472 e. The van der Waals surface area contributed by atoms with Crippen LogP contribution in [0.5, 0.6) is 11.6 Å². The van der Waals surface area contributed by atoms with Crippen molar-refractivity contribution >= 4 is 22.4 Å². The summed E-state index contributed by atoms with van der Waals surface area (Å²) in [5, 5.41) is 4.41. The van der Waals surface area contributed by atoms with Crippen molar-refractivity contribution < 1.29 is 27.0 Å². The number of aliphatic imine (C=N–C) groups is 1. The number of rotatable bonds is 8. The normalized spacial score (nSPS) is 11.9. The van der Waals surface area contributed by atoms with Crippen LogP contribution >= 0.6 is 0 Å². The van der Waals surface area contributed by atoms with Gasteiger partial charge in [-0.2, -0.15) is 18.6 Å². The average molecular weight is 515 g/mol. The second-order valence-corrected chi connectivity index (χ2v) is 7.79. The van der Waals surface area contributed by atoms with Gasteiger partial charge in [-0.15, -0.1) is 0 Å². The van der Waals surface area contributed by atoms with Crippen LogP contribution in [0.3, 0.4) is 0 Å². The van der Waals surface area contributed by atoms with Crippen molar-refractivity contribution in [1.82, 2.24) is 14.8 Å². The number of nitrogens with two attached hydrogens (primary N) is 1. The minimum absolute atomic E-state index is 0.0512. The van der Waals surface area contributed by atoms with Crippen molar-refractivity contribution in [2.45, 2.75) is 20.0 Å². The van der Waals surface area contributed by atoms with E-state index in [1.807, 2.05) is 0 Å². The van der Waals surface area contributed by atoms with Gasteiger partial charge in [0.05, 0.1) is 11.3 Å². The average Bonchev–Trinajstić information content (AvgIpc) is 2.87. The Morgan fingerprint density at radius 1 is 1.08 bits per heavy atom. The summed E-state index contributed by atoms with van der Waals surface area (Å²) >= 11 is 0. The van der Waals surface area contributed by atoms with Gasteiger partial charge in [-0.05, 0) is 48.9 Å². The zero-order valence-electron chi connectivity index (χ0n) is 19.7.